The molecule has 0 aliphatic heterocycles. The van der Waals surface area contributed by atoms with E-state index in [0.29, 0.717) is 5.56 Å². The van der Waals surface area contributed by atoms with Crippen molar-refractivity contribution >= 4 is 0 Å². The Morgan fingerprint density at radius 2 is 2.00 bits per heavy atom. The number of aryl methyl sites for hydroxylation is 2. The fraction of sp³-hybridized carbons (Fsp3) is 0.231. The molecule has 3 nitrogen and oxygen atoms in total. The molecule has 0 bridgehead atoms. The standard InChI is InChI=1S/C13H13N3/c1-9-5-4-6-12(7-14)13(9)16-8-15-10(2)11(16)3/h4-6,8H,1-3H3. The van der Waals surface area contributed by atoms with E-state index in [1.807, 2.05) is 43.5 Å². The summed E-state index contributed by atoms with van der Waals surface area (Å²) in [7, 11) is 0. The lowest BCUT2D eigenvalue weighted by molar-refractivity contribution is 0.983. The molecule has 0 atom stereocenters. The highest BCUT2D eigenvalue weighted by Gasteiger charge is 2.10. The molecule has 0 unspecified atom stereocenters. The average molecular weight is 211 g/mol. The van der Waals surface area contributed by atoms with Crippen LogP contribution in [0.2, 0.25) is 0 Å². The predicted octanol–water partition coefficient (Wildman–Crippen LogP) is 2.67. The number of hydrogen-bond acceptors (Lipinski definition) is 2. The highest BCUT2D eigenvalue weighted by Crippen LogP contribution is 2.21. The Morgan fingerprint density at radius 3 is 2.56 bits per heavy atom. The third-order valence-electron chi connectivity index (χ3n) is 2.85. The second-order valence-corrected chi connectivity index (χ2v) is 3.87. The maximum Gasteiger partial charge on any atom is 0.101 e. The molecule has 0 aliphatic carbocycles. The van der Waals surface area contributed by atoms with E-state index in [1.54, 1.807) is 6.33 Å². The summed E-state index contributed by atoms with van der Waals surface area (Å²) in [6, 6.07) is 7.96. The van der Waals surface area contributed by atoms with Gasteiger partial charge in [-0.3, -0.25) is 0 Å². The summed E-state index contributed by atoms with van der Waals surface area (Å²) in [5.41, 5.74) is 4.76. The van der Waals surface area contributed by atoms with E-state index in [9.17, 15) is 0 Å². The van der Waals surface area contributed by atoms with Crippen LogP contribution in [0.5, 0.6) is 0 Å². The molecule has 1 heterocycles. The van der Waals surface area contributed by atoms with Crippen molar-refractivity contribution in [3.8, 4) is 11.8 Å². The monoisotopic (exact) mass is 211 g/mol. The summed E-state index contributed by atoms with van der Waals surface area (Å²) in [5, 5.41) is 9.12. The number of benzene rings is 1. The Kier molecular flexibility index (Phi) is 2.49. The molecule has 0 radical (unpaired) electrons. The highest BCUT2D eigenvalue weighted by molar-refractivity contribution is 5.54. The average Bonchev–Trinajstić information content (AvgIpc) is 2.60. The molecule has 0 amide bonds. The summed E-state index contributed by atoms with van der Waals surface area (Å²) in [4.78, 5) is 4.26. The lowest BCUT2D eigenvalue weighted by Crippen LogP contribution is -2.01. The van der Waals surface area contributed by atoms with Gasteiger partial charge in [-0.15, -0.1) is 0 Å². The minimum absolute atomic E-state index is 0.681. The second-order valence-electron chi connectivity index (χ2n) is 3.87. The van der Waals surface area contributed by atoms with E-state index in [0.717, 1.165) is 22.6 Å². The Balaban J connectivity index is 2.74. The van der Waals surface area contributed by atoms with Gasteiger partial charge < -0.3 is 4.57 Å². The van der Waals surface area contributed by atoms with E-state index in [4.69, 9.17) is 5.26 Å². The molecule has 2 aromatic rings. The molecule has 1 aromatic heterocycles. The van der Waals surface area contributed by atoms with E-state index in [2.05, 4.69) is 11.1 Å². The summed E-state index contributed by atoms with van der Waals surface area (Å²) in [6.07, 6.45) is 1.77. The van der Waals surface area contributed by atoms with Gasteiger partial charge in [0.25, 0.3) is 0 Å². The van der Waals surface area contributed by atoms with Crippen LogP contribution in [-0.4, -0.2) is 9.55 Å². The molecule has 0 spiro atoms. The smallest absolute Gasteiger partial charge is 0.101 e. The van der Waals surface area contributed by atoms with E-state index >= 15 is 0 Å². The van der Waals surface area contributed by atoms with Crippen molar-refractivity contribution in [2.75, 3.05) is 0 Å². The van der Waals surface area contributed by atoms with Crippen molar-refractivity contribution < 1.29 is 0 Å². The van der Waals surface area contributed by atoms with Gasteiger partial charge >= 0.3 is 0 Å². The van der Waals surface area contributed by atoms with Crippen LogP contribution in [0.25, 0.3) is 5.69 Å². The zero-order chi connectivity index (χ0) is 11.7. The number of nitrogens with zero attached hydrogens (tertiary/aromatic N) is 3. The predicted molar refractivity (Wildman–Crippen MR) is 62.5 cm³/mol. The van der Waals surface area contributed by atoms with Crippen LogP contribution in [0.3, 0.4) is 0 Å². The minimum Gasteiger partial charge on any atom is -0.302 e. The van der Waals surface area contributed by atoms with Crippen molar-refractivity contribution in [1.29, 1.82) is 5.26 Å². The van der Waals surface area contributed by atoms with Crippen molar-refractivity contribution in [3.63, 3.8) is 0 Å². The van der Waals surface area contributed by atoms with Gasteiger partial charge in [0.1, 0.15) is 6.07 Å². The number of hydrogen-bond donors (Lipinski definition) is 0. The molecule has 0 fully saturated rings. The first-order chi connectivity index (χ1) is 7.65. The van der Waals surface area contributed by atoms with Gasteiger partial charge in [-0.2, -0.15) is 5.26 Å². The Hall–Kier alpha value is -2.08. The van der Waals surface area contributed by atoms with E-state index < -0.39 is 0 Å². The van der Waals surface area contributed by atoms with E-state index in [-0.39, 0.29) is 0 Å². The Labute approximate surface area is 95.0 Å². The van der Waals surface area contributed by atoms with Gasteiger partial charge in [0.2, 0.25) is 0 Å². The van der Waals surface area contributed by atoms with Crippen LogP contribution in [0.15, 0.2) is 24.5 Å². The molecule has 1 aromatic carbocycles. The largest absolute Gasteiger partial charge is 0.302 e. The van der Waals surface area contributed by atoms with Crippen LogP contribution < -0.4 is 0 Å². The molecule has 80 valence electrons. The Morgan fingerprint density at radius 1 is 1.25 bits per heavy atom. The SMILES string of the molecule is Cc1cccc(C#N)c1-n1cnc(C)c1C. The third-order valence-corrected chi connectivity index (χ3v) is 2.85. The first-order valence-corrected chi connectivity index (χ1v) is 5.15. The van der Waals surface area contributed by atoms with Gasteiger partial charge in [0, 0.05) is 5.69 Å². The molecule has 3 heteroatoms. The first-order valence-electron chi connectivity index (χ1n) is 5.15. The van der Waals surface area contributed by atoms with Crippen LogP contribution in [0.4, 0.5) is 0 Å². The topological polar surface area (TPSA) is 41.6 Å². The number of aromatic nitrogens is 2. The molecular formula is C13H13N3. The zero-order valence-electron chi connectivity index (χ0n) is 9.65. The van der Waals surface area contributed by atoms with Gasteiger partial charge in [-0.1, -0.05) is 12.1 Å². The summed E-state index contributed by atoms with van der Waals surface area (Å²) >= 11 is 0. The quantitative estimate of drug-likeness (QED) is 0.727. The van der Waals surface area contributed by atoms with Gasteiger partial charge in [-0.25, -0.2) is 4.98 Å². The fourth-order valence-electron chi connectivity index (χ4n) is 1.79. The molecule has 0 saturated heterocycles. The van der Waals surface area contributed by atoms with Gasteiger partial charge in [0.05, 0.1) is 23.3 Å². The van der Waals surface area contributed by atoms with Crippen molar-refractivity contribution in [1.82, 2.24) is 9.55 Å². The summed E-state index contributed by atoms with van der Waals surface area (Å²) in [5.74, 6) is 0. The summed E-state index contributed by atoms with van der Waals surface area (Å²) in [6.45, 7) is 5.98. The minimum atomic E-state index is 0.681. The molecule has 16 heavy (non-hydrogen) atoms. The molecular weight excluding hydrogens is 198 g/mol. The van der Waals surface area contributed by atoms with Crippen LogP contribution in [0, 0.1) is 32.1 Å². The second kappa shape index (κ2) is 3.82. The maximum absolute atomic E-state index is 9.12. The van der Waals surface area contributed by atoms with Gasteiger partial charge in [0.15, 0.2) is 0 Å². The fourth-order valence-corrected chi connectivity index (χ4v) is 1.79. The highest BCUT2D eigenvalue weighted by atomic mass is 15.1. The third kappa shape index (κ3) is 1.49. The van der Waals surface area contributed by atoms with Gasteiger partial charge in [-0.05, 0) is 32.4 Å². The first kappa shape index (κ1) is 10.4. The number of nitriles is 1. The van der Waals surface area contributed by atoms with E-state index in [1.165, 1.54) is 0 Å². The lowest BCUT2D eigenvalue weighted by atomic mass is 10.1. The molecule has 0 saturated carbocycles. The van der Waals surface area contributed by atoms with Crippen molar-refractivity contribution in [2.24, 2.45) is 0 Å². The molecule has 0 N–H and O–H groups in total. The van der Waals surface area contributed by atoms with Crippen molar-refractivity contribution in [2.45, 2.75) is 20.8 Å². The zero-order valence-corrected chi connectivity index (χ0v) is 9.65. The Bertz CT molecular complexity index is 573. The molecule has 2 rings (SSSR count). The molecule has 0 aliphatic rings. The number of para-hydroxylation sites is 1. The van der Waals surface area contributed by atoms with Crippen molar-refractivity contribution in [3.05, 3.63) is 47.0 Å². The maximum atomic E-state index is 9.12. The van der Waals surface area contributed by atoms with Crippen LogP contribution >= 0.6 is 0 Å². The number of rotatable bonds is 1. The van der Waals surface area contributed by atoms with Crippen LogP contribution in [0.1, 0.15) is 22.5 Å². The lowest BCUT2D eigenvalue weighted by Gasteiger charge is -2.10. The number of imidazole rings is 1. The summed E-state index contributed by atoms with van der Waals surface area (Å²) < 4.78 is 1.98. The van der Waals surface area contributed by atoms with Crippen LogP contribution in [-0.2, 0) is 0 Å². The normalized spacial score (nSPS) is 10.1.